The molecule has 3 heteroatoms. The topological polar surface area (TPSA) is 34.1 Å². The van der Waals surface area contributed by atoms with E-state index in [-0.39, 0.29) is 6.10 Å². The maximum atomic E-state index is 5.56. The van der Waals surface area contributed by atoms with Crippen LogP contribution >= 0.6 is 0 Å². The van der Waals surface area contributed by atoms with Gasteiger partial charge in [-0.3, -0.25) is 0 Å². The standard InChI is InChI=1S/C12H18N2O/c1-9(2)15-12-5-3-4-11(14-12)6-10-7-13-8-10/h3-5,9-10,13H,6-8H2,1-2H3. The highest BCUT2D eigenvalue weighted by Gasteiger charge is 2.17. The normalized spacial score (nSPS) is 16.5. The summed E-state index contributed by atoms with van der Waals surface area (Å²) in [6, 6.07) is 6.01. The van der Waals surface area contributed by atoms with Crippen LogP contribution in [-0.2, 0) is 6.42 Å². The SMILES string of the molecule is CC(C)Oc1cccc(CC2CNC2)n1. The second-order valence-corrected chi connectivity index (χ2v) is 4.36. The molecule has 0 aromatic carbocycles. The van der Waals surface area contributed by atoms with Gasteiger partial charge < -0.3 is 10.1 Å². The van der Waals surface area contributed by atoms with Gasteiger partial charge in [0.2, 0.25) is 5.88 Å². The Labute approximate surface area is 90.9 Å². The van der Waals surface area contributed by atoms with Gasteiger partial charge in [-0.2, -0.15) is 0 Å². The van der Waals surface area contributed by atoms with Crippen molar-refractivity contribution in [3.05, 3.63) is 23.9 Å². The van der Waals surface area contributed by atoms with E-state index in [1.54, 1.807) is 0 Å². The van der Waals surface area contributed by atoms with Gasteiger partial charge in [-0.25, -0.2) is 4.98 Å². The molecule has 1 aliphatic heterocycles. The van der Waals surface area contributed by atoms with E-state index in [1.165, 1.54) is 0 Å². The minimum absolute atomic E-state index is 0.193. The van der Waals surface area contributed by atoms with Crippen LogP contribution in [0.15, 0.2) is 18.2 Å². The first-order chi connectivity index (χ1) is 7.24. The van der Waals surface area contributed by atoms with Gasteiger partial charge >= 0.3 is 0 Å². The summed E-state index contributed by atoms with van der Waals surface area (Å²) in [7, 11) is 0. The van der Waals surface area contributed by atoms with Gasteiger partial charge in [-0.05, 0) is 45.3 Å². The van der Waals surface area contributed by atoms with Gasteiger partial charge in [-0.1, -0.05) is 6.07 Å². The molecule has 1 saturated heterocycles. The zero-order valence-corrected chi connectivity index (χ0v) is 9.36. The summed E-state index contributed by atoms with van der Waals surface area (Å²) in [6.07, 6.45) is 1.25. The first-order valence-electron chi connectivity index (χ1n) is 5.57. The number of ether oxygens (including phenoxy) is 1. The molecule has 1 aromatic heterocycles. The molecule has 0 atom stereocenters. The summed E-state index contributed by atoms with van der Waals surface area (Å²) in [5.41, 5.74) is 1.14. The third-order valence-corrected chi connectivity index (χ3v) is 2.50. The Balaban J connectivity index is 1.98. The van der Waals surface area contributed by atoms with E-state index in [0.29, 0.717) is 0 Å². The lowest BCUT2D eigenvalue weighted by atomic mass is 9.97. The second kappa shape index (κ2) is 4.62. The van der Waals surface area contributed by atoms with Crippen molar-refractivity contribution >= 4 is 0 Å². The predicted octanol–water partition coefficient (Wildman–Crippen LogP) is 1.63. The third-order valence-electron chi connectivity index (χ3n) is 2.50. The van der Waals surface area contributed by atoms with Crippen LogP contribution in [0.25, 0.3) is 0 Å². The number of aromatic nitrogens is 1. The van der Waals surface area contributed by atoms with Gasteiger partial charge in [0.15, 0.2) is 0 Å². The van der Waals surface area contributed by atoms with Gasteiger partial charge in [0, 0.05) is 11.8 Å². The number of rotatable bonds is 4. The molecule has 2 rings (SSSR count). The molecule has 0 bridgehead atoms. The molecule has 15 heavy (non-hydrogen) atoms. The van der Waals surface area contributed by atoms with Crippen LogP contribution in [-0.4, -0.2) is 24.2 Å². The summed E-state index contributed by atoms with van der Waals surface area (Å²) < 4.78 is 5.56. The smallest absolute Gasteiger partial charge is 0.213 e. The van der Waals surface area contributed by atoms with Crippen LogP contribution < -0.4 is 10.1 Å². The van der Waals surface area contributed by atoms with Gasteiger partial charge in [0.25, 0.3) is 0 Å². The number of hydrogen-bond donors (Lipinski definition) is 1. The Kier molecular flexibility index (Phi) is 3.21. The van der Waals surface area contributed by atoms with Crippen LogP contribution in [0.2, 0.25) is 0 Å². The molecule has 1 aromatic rings. The Bertz CT molecular complexity index is 321. The average molecular weight is 206 g/mol. The van der Waals surface area contributed by atoms with Crippen LogP contribution in [0.3, 0.4) is 0 Å². The predicted molar refractivity (Wildman–Crippen MR) is 60.1 cm³/mol. The number of hydrogen-bond acceptors (Lipinski definition) is 3. The van der Waals surface area contributed by atoms with Crippen LogP contribution in [0.5, 0.6) is 5.88 Å². The molecule has 0 unspecified atom stereocenters. The summed E-state index contributed by atoms with van der Waals surface area (Å²) in [5.74, 6) is 1.50. The van der Waals surface area contributed by atoms with Gasteiger partial charge in [0.05, 0.1) is 6.10 Å². The molecule has 0 amide bonds. The van der Waals surface area contributed by atoms with Crippen molar-refractivity contribution in [3.63, 3.8) is 0 Å². The van der Waals surface area contributed by atoms with Crippen molar-refractivity contribution < 1.29 is 4.74 Å². The van der Waals surface area contributed by atoms with Gasteiger partial charge in [0.1, 0.15) is 0 Å². The molecule has 3 nitrogen and oxygen atoms in total. The largest absolute Gasteiger partial charge is 0.475 e. The lowest BCUT2D eigenvalue weighted by Crippen LogP contribution is -2.43. The number of nitrogens with one attached hydrogen (secondary N) is 1. The summed E-state index contributed by atoms with van der Waals surface area (Å²) in [5, 5.41) is 3.27. The monoisotopic (exact) mass is 206 g/mol. The molecule has 0 aliphatic carbocycles. The van der Waals surface area contributed by atoms with E-state index < -0.39 is 0 Å². The third kappa shape index (κ3) is 2.93. The van der Waals surface area contributed by atoms with Crippen molar-refractivity contribution in [2.45, 2.75) is 26.4 Å². The highest BCUT2D eigenvalue weighted by atomic mass is 16.5. The fourth-order valence-electron chi connectivity index (χ4n) is 1.67. The molecule has 0 spiro atoms. The summed E-state index contributed by atoms with van der Waals surface area (Å²) in [4.78, 5) is 4.48. The molecule has 0 radical (unpaired) electrons. The Morgan fingerprint density at radius 3 is 2.87 bits per heavy atom. The molecule has 0 saturated carbocycles. The summed E-state index contributed by atoms with van der Waals surface area (Å²) >= 11 is 0. The van der Waals surface area contributed by atoms with E-state index in [2.05, 4.69) is 16.4 Å². The van der Waals surface area contributed by atoms with E-state index in [9.17, 15) is 0 Å². The molecule has 1 aliphatic rings. The maximum absolute atomic E-state index is 5.56. The van der Waals surface area contributed by atoms with Crippen LogP contribution in [0.4, 0.5) is 0 Å². The highest BCUT2D eigenvalue weighted by Crippen LogP contribution is 2.14. The first kappa shape index (κ1) is 10.4. The van der Waals surface area contributed by atoms with Crippen molar-refractivity contribution in [1.82, 2.24) is 10.3 Å². The zero-order chi connectivity index (χ0) is 10.7. The molecular formula is C12H18N2O. The Hall–Kier alpha value is -1.09. The fourth-order valence-corrected chi connectivity index (χ4v) is 1.67. The average Bonchev–Trinajstić information content (AvgIpc) is 2.11. The van der Waals surface area contributed by atoms with Crippen LogP contribution in [0, 0.1) is 5.92 Å². The van der Waals surface area contributed by atoms with Crippen molar-refractivity contribution in [1.29, 1.82) is 0 Å². The second-order valence-electron chi connectivity index (χ2n) is 4.36. The number of pyridine rings is 1. The van der Waals surface area contributed by atoms with E-state index in [4.69, 9.17) is 4.74 Å². The zero-order valence-electron chi connectivity index (χ0n) is 9.36. The summed E-state index contributed by atoms with van der Waals surface area (Å²) in [6.45, 7) is 6.28. The minimum Gasteiger partial charge on any atom is -0.475 e. The van der Waals surface area contributed by atoms with Crippen molar-refractivity contribution in [3.8, 4) is 5.88 Å². The lowest BCUT2D eigenvalue weighted by molar-refractivity contribution is 0.231. The van der Waals surface area contributed by atoms with E-state index >= 15 is 0 Å². The molecule has 1 fully saturated rings. The molecule has 2 heterocycles. The van der Waals surface area contributed by atoms with Crippen molar-refractivity contribution in [2.24, 2.45) is 5.92 Å². The minimum atomic E-state index is 0.193. The number of nitrogens with zero attached hydrogens (tertiary/aromatic N) is 1. The maximum Gasteiger partial charge on any atom is 0.213 e. The van der Waals surface area contributed by atoms with Gasteiger partial charge in [-0.15, -0.1) is 0 Å². The first-order valence-corrected chi connectivity index (χ1v) is 5.57. The Morgan fingerprint density at radius 1 is 1.47 bits per heavy atom. The molecular weight excluding hydrogens is 188 g/mol. The highest BCUT2D eigenvalue weighted by molar-refractivity contribution is 5.16. The van der Waals surface area contributed by atoms with E-state index in [1.807, 2.05) is 26.0 Å². The lowest BCUT2D eigenvalue weighted by Gasteiger charge is -2.26. The van der Waals surface area contributed by atoms with Crippen molar-refractivity contribution in [2.75, 3.05) is 13.1 Å². The fraction of sp³-hybridized carbons (Fsp3) is 0.583. The molecule has 1 N–H and O–H groups in total. The van der Waals surface area contributed by atoms with Crippen LogP contribution in [0.1, 0.15) is 19.5 Å². The quantitative estimate of drug-likeness (QED) is 0.813. The van der Waals surface area contributed by atoms with E-state index in [0.717, 1.165) is 37.0 Å². The molecule has 82 valence electrons. The Morgan fingerprint density at radius 2 is 2.27 bits per heavy atom.